The van der Waals surface area contributed by atoms with Crippen LogP contribution in [-0.2, 0) is 4.79 Å². The molecule has 0 aliphatic heterocycles. The van der Waals surface area contributed by atoms with Crippen LogP contribution in [0.4, 0.5) is 24.5 Å². The van der Waals surface area contributed by atoms with Gasteiger partial charge in [-0.15, -0.1) is 0 Å². The van der Waals surface area contributed by atoms with E-state index in [1.54, 1.807) is 11.4 Å². The molecule has 2 aromatic carbocycles. The van der Waals surface area contributed by atoms with Crippen LogP contribution in [0.5, 0.6) is 0 Å². The molecule has 0 saturated heterocycles. The van der Waals surface area contributed by atoms with Gasteiger partial charge in [-0.2, -0.15) is 13.2 Å². The minimum Gasteiger partial charge on any atom is -0.322 e. The number of anilines is 2. The van der Waals surface area contributed by atoms with E-state index in [1.807, 2.05) is 26.0 Å². The van der Waals surface area contributed by atoms with Crippen molar-refractivity contribution in [1.29, 1.82) is 0 Å². The number of nitrogens with one attached hydrogen (secondary N) is 2. The molecule has 0 heterocycles. The fraction of sp³-hybridized carbons (Fsp3) is 0.222. The van der Waals surface area contributed by atoms with E-state index >= 15 is 0 Å². The second-order valence-electron chi connectivity index (χ2n) is 5.75. The Morgan fingerprint density at radius 1 is 0.840 bits per heavy atom. The average Bonchev–Trinajstić information content (AvgIpc) is 2.51. The highest BCUT2D eigenvalue weighted by atomic mass is 19.4. The highest BCUT2D eigenvalue weighted by molar-refractivity contribution is 6.06. The number of aryl methyl sites for hydroxylation is 3. The molecule has 0 bridgehead atoms. The van der Waals surface area contributed by atoms with Gasteiger partial charge in [-0.1, -0.05) is 23.8 Å². The van der Waals surface area contributed by atoms with Crippen LogP contribution in [0.15, 0.2) is 36.4 Å². The van der Waals surface area contributed by atoms with Gasteiger partial charge in [-0.25, -0.2) is 0 Å². The largest absolute Gasteiger partial charge is 0.471 e. The van der Waals surface area contributed by atoms with Gasteiger partial charge in [-0.05, 0) is 50.1 Å². The van der Waals surface area contributed by atoms with E-state index in [-0.39, 0.29) is 11.3 Å². The van der Waals surface area contributed by atoms with E-state index in [9.17, 15) is 22.8 Å². The topological polar surface area (TPSA) is 58.2 Å². The van der Waals surface area contributed by atoms with Crippen LogP contribution in [0, 0.1) is 20.8 Å². The van der Waals surface area contributed by atoms with E-state index < -0.39 is 18.0 Å². The lowest BCUT2D eigenvalue weighted by Crippen LogP contribution is -2.30. The van der Waals surface area contributed by atoms with Gasteiger partial charge in [0, 0.05) is 16.9 Å². The van der Waals surface area contributed by atoms with Gasteiger partial charge < -0.3 is 10.6 Å². The van der Waals surface area contributed by atoms with Gasteiger partial charge in [0.2, 0.25) is 0 Å². The lowest BCUT2D eigenvalue weighted by molar-refractivity contribution is -0.167. The Morgan fingerprint density at radius 2 is 1.52 bits per heavy atom. The molecule has 0 atom stereocenters. The minimum atomic E-state index is -5.00. The molecule has 7 heteroatoms. The van der Waals surface area contributed by atoms with Crippen molar-refractivity contribution in [1.82, 2.24) is 0 Å². The molecule has 132 valence electrons. The molecule has 25 heavy (non-hydrogen) atoms. The Bertz CT molecular complexity index is 830. The number of hydrogen-bond donors (Lipinski definition) is 2. The third-order valence-corrected chi connectivity index (χ3v) is 3.64. The van der Waals surface area contributed by atoms with Crippen LogP contribution >= 0.6 is 0 Å². The molecule has 2 N–H and O–H groups in total. The van der Waals surface area contributed by atoms with Crippen molar-refractivity contribution < 1.29 is 22.8 Å². The molecule has 0 spiro atoms. The average molecular weight is 350 g/mol. The van der Waals surface area contributed by atoms with E-state index in [1.165, 1.54) is 25.1 Å². The van der Waals surface area contributed by atoms with Gasteiger partial charge in [0.1, 0.15) is 0 Å². The number of amides is 2. The van der Waals surface area contributed by atoms with Crippen LogP contribution in [0.1, 0.15) is 27.0 Å². The smallest absolute Gasteiger partial charge is 0.322 e. The lowest BCUT2D eigenvalue weighted by atomic mass is 10.1. The van der Waals surface area contributed by atoms with Crippen molar-refractivity contribution in [2.75, 3.05) is 10.6 Å². The molecule has 0 saturated carbocycles. The molecule has 0 aliphatic rings. The van der Waals surface area contributed by atoms with Crippen molar-refractivity contribution in [3.05, 3.63) is 58.7 Å². The lowest BCUT2D eigenvalue weighted by Gasteiger charge is -2.13. The SMILES string of the molecule is Cc1ccc(NC(=O)c2ccc(C)c(NC(=O)C(F)(F)F)c2)c(C)c1. The van der Waals surface area contributed by atoms with Crippen LogP contribution in [-0.4, -0.2) is 18.0 Å². The maximum atomic E-state index is 12.4. The molecule has 0 aromatic heterocycles. The molecule has 0 aliphatic carbocycles. The quantitative estimate of drug-likeness (QED) is 0.864. The third kappa shape index (κ3) is 4.59. The number of rotatable bonds is 3. The van der Waals surface area contributed by atoms with Crippen LogP contribution in [0.3, 0.4) is 0 Å². The predicted molar refractivity (Wildman–Crippen MR) is 89.7 cm³/mol. The third-order valence-electron chi connectivity index (χ3n) is 3.64. The van der Waals surface area contributed by atoms with Gasteiger partial charge >= 0.3 is 12.1 Å². The van der Waals surface area contributed by atoms with Crippen molar-refractivity contribution >= 4 is 23.2 Å². The molecule has 0 unspecified atom stereocenters. The number of carbonyl (C=O) groups excluding carboxylic acids is 2. The first-order chi connectivity index (χ1) is 11.6. The minimum absolute atomic E-state index is 0.0596. The number of halogens is 3. The zero-order chi connectivity index (χ0) is 18.8. The highest BCUT2D eigenvalue weighted by Gasteiger charge is 2.38. The van der Waals surface area contributed by atoms with Crippen molar-refractivity contribution in [2.24, 2.45) is 0 Å². The second-order valence-corrected chi connectivity index (χ2v) is 5.75. The zero-order valence-corrected chi connectivity index (χ0v) is 13.9. The molecule has 2 amide bonds. The summed E-state index contributed by atoms with van der Waals surface area (Å²) < 4.78 is 37.2. The predicted octanol–water partition coefficient (Wildman–Crippen LogP) is 4.36. The number of benzene rings is 2. The van der Waals surface area contributed by atoms with Gasteiger partial charge in [0.15, 0.2) is 0 Å². The number of alkyl halides is 3. The fourth-order valence-electron chi connectivity index (χ4n) is 2.24. The Labute approximate surface area is 143 Å². The van der Waals surface area contributed by atoms with Crippen molar-refractivity contribution in [3.63, 3.8) is 0 Å². The Balaban J connectivity index is 2.23. The Hall–Kier alpha value is -2.83. The maximum Gasteiger partial charge on any atom is 0.471 e. The van der Waals surface area contributed by atoms with Crippen LogP contribution in [0.25, 0.3) is 0 Å². The second kappa shape index (κ2) is 6.96. The van der Waals surface area contributed by atoms with Gasteiger partial charge in [0.05, 0.1) is 0 Å². The molecule has 0 fully saturated rings. The molecule has 0 radical (unpaired) electrons. The summed E-state index contributed by atoms with van der Waals surface area (Å²) in [6.45, 7) is 5.30. The molecular weight excluding hydrogens is 333 g/mol. The summed E-state index contributed by atoms with van der Waals surface area (Å²) in [5.74, 6) is -2.56. The fourth-order valence-corrected chi connectivity index (χ4v) is 2.24. The molecule has 2 rings (SSSR count). The maximum absolute atomic E-state index is 12.4. The number of hydrogen-bond acceptors (Lipinski definition) is 2. The summed E-state index contributed by atoms with van der Waals surface area (Å²) in [5.41, 5.74) is 3.02. The van der Waals surface area contributed by atoms with Crippen LogP contribution in [0.2, 0.25) is 0 Å². The highest BCUT2D eigenvalue weighted by Crippen LogP contribution is 2.23. The standard InChI is InChI=1S/C18H17F3N2O2/c1-10-4-7-14(12(3)8-10)22-16(24)13-6-5-11(2)15(9-13)23-17(25)18(19,20)21/h4-9H,1-3H3,(H,22,24)(H,23,25). The van der Waals surface area contributed by atoms with E-state index in [0.717, 1.165) is 11.1 Å². The normalized spacial score (nSPS) is 11.1. The first-order valence-corrected chi connectivity index (χ1v) is 7.45. The first kappa shape index (κ1) is 18.5. The Morgan fingerprint density at radius 3 is 2.12 bits per heavy atom. The Kier molecular flexibility index (Phi) is 5.15. The summed E-state index contributed by atoms with van der Waals surface area (Å²) in [5, 5.41) is 4.49. The molecule has 2 aromatic rings. The van der Waals surface area contributed by atoms with Crippen molar-refractivity contribution in [2.45, 2.75) is 26.9 Å². The summed E-state index contributed by atoms with van der Waals surface area (Å²) >= 11 is 0. The summed E-state index contributed by atoms with van der Waals surface area (Å²) in [4.78, 5) is 23.4. The van der Waals surface area contributed by atoms with Gasteiger partial charge in [-0.3, -0.25) is 9.59 Å². The van der Waals surface area contributed by atoms with E-state index in [0.29, 0.717) is 11.3 Å². The van der Waals surface area contributed by atoms with E-state index in [2.05, 4.69) is 5.32 Å². The monoisotopic (exact) mass is 350 g/mol. The van der Waals surface area contributed by atoms with Gasteiger partial charge in [0.25, 0.3) is 5.91 Å². The molecule has 4 nitrogen and oxygen atoms in total. The molecular formula is C18H17F3N2O2. The number of carbonyl (C=O) groups is 2. The zero-order valence-electron chi connectivity index (χ0n) is 13.9. The summed E-state index contributed by atoms with van der Waals surface area (Å²) in [6.07, 6.45) is -5.00. The van der Waals surface area contributed by atoms with Crippen LogP contribution < -0.4 is 10.6 Å². The van der Waals surface area contributed by atoms with Crippen molar-refractivity contribution in [3.8, 4) is 0 Å². The summed E-state index contributed by atoms with van der Waals surface area (Å²) in [6, 6.07) is 9.67. The van der Waals surface area contributed by atoms with E-state index in [4.69, 9.17) is 0 Å². The first-order valence-electron chi connectivity index (χ1n) is 7.45. The summed E-state index contributed by atoms with van der Waals surface area (Å²) in [7, 11) is 0.